The highest BCUT2D eigenvalue weighted by molar-refractivity contribution is 7.15. The number of carbonyl (C=O) groups excluding carboxylic acids is 1. The first-order chi connectivity index (χ1) is 15.0. The summed E-state index contributed by atoms with van der Waals surface area (Å²) in [5.41, 5.74) is 1.01. The van der Waals surface area contributed by atoms with Crippen LogP contribution in [0.5, 0.6) is 27.5 Å². The third-order valence-electron chi connectivity index (χ3n) is 5.12. The lowest BCUT2D eigenvalue weighted by Crippen LogP contribution is -2.23. The summed E-state index contributed by atoms with van der Waals surface area (Å²) in [7, 11) is 0. The Kier molecular flexibility index (Phi) is 6.72. The average molecular weight is 439 g/mol. The molecule has 1 aliphatic carbocycles. The standard InChI is InChI=1S/C24H26N2O4S/c1-16(26-17(2)27)18-7-9-21(10-8-18)29-23-15-25-24(31-23)30-22-13-11-20(12-14-22)28-19-5-3-4-6-19/h7-16,19H,3-6H2,1-2H3,(H,26,27). The molecule has 1 unspecified atom stereocenters. The molecule has 7 heteroatoms. The van der Waals surface area contributed by atoms with Crippen LogP contribution in [-0.4, -0.2) is 17.0 Å². The fourth-order valence-electron chi connectivity index (χ4n) is 3.55. The molecule has 6 nitrogen and oxygen atoms in total. The van der Waals surface area contributed by atoms with Crippen molar-refractivity contribution in [2.45, 2.75) is 51.7 Å². The van der Waals surface area contributed by atoms with Crippen LogP contribution in [0.4, 0.5) is 0 Å². The van der Waals surface area contributed by atoms with Gasteiger partial charge in [0.05, 0.1) is 18.3 Å². The zero-order chi connectivity index (χ0) is 21.6. The predicted molar refractivity (Wildman–Crippen MR) is 120 cm³/mol. The van der Waals surface area contributed by atoms with Gasteiger partial charge in [-0.05, 0) is 85.9 Å². The molecule has 0 aliphatic heterocycles. The molecule has 3 aromatic rings. The molecule has 162 valence electrons. The van der Waals surface area contributed by atoms with E-state index in [9.17, 15) is 4.79 Å². The van der Waals surface area contributed by atoms with E-state index < -0.39 is 0 Å². The first-order valence-electron chi connectivity index (χ1n) is 10.5. The minimum atomic E-state index is -0.0546. The molecule has 1 atom stereocenters. The quantitative estimate of drug-likeness (QED) is 0.450. The van der Waals surface area contributed by atoms with Gasteiger partial charge in [-0.1, -0.05) is 12.1 Å². The van der Waals surface area contributed by atoms with Gasteiger partial charge in [0.15, 0.2) is 0 Å². The third-order valence-corrected chi connectivity index (χ3v) is 5.87. The number of rotatable bonds is 8. The molecule has 1 aliphatic rings. The zero-order valence-electron chi connectivity index (χ0n) is 17.7. The molecule has 1 fully saturated rings. The summed E-state index contributed by atoms with van der Waals surface area (Å²) >= 11 is 1.33. The minimum Gasteiger partial charge on any atom is -0.490 e. The van der Waals surface area contributed by atoms with Crippen molar-refractivity contribution in [3.05, 3.63) is 60.3 Å². The Morgan fingerprint density at radius 1 is 1.00 bits per heavy atom. The van der Waals surface area contributed by atoms with Gasteiger partial charge in [0.2, 0.25) is 11.0 Å². The Labute approximate surface area is 186 Å². The van der Waals surface area contributed by atoms with E-state index in [1.807, 2.05) is 55.5 Å². The van der Waals surface area contributed by atoms with Crippen LogP contribution in [0.1, 0.15) is 51.1 Å². The molecular weight excluding hydrogens is 412 g/mol. The van der Waals surface area contributed by atoms with Crippen molar-refractivity contribution in [2.75, 3.05) is 0 Å². The monoisotopic (exact) mass is 438 g/mol. The Bertz CT molecular complexity index is 995. The van der Waals surface area contributed by atoms with E-state index in [1.165, 1.54) is 31.1 Å². The number of nitrogens with one attached hydrogen (secondary N) is 1. The van der Waals surface area contributed by atoms with Crippen molar-refractivity contribution in [2.24, 2.45) is 0 Å². The van der Waals surface area contributed by atoms with Crippen molar-refractivity contribution in [1.82, 2.24) is 10.3 Å². The van der Waals surface area contributed by atoms with Gasteiger partial charge in [-0.2, -0.15) is 0 Å². The van der Waals surface area contributed by atoms with Crippen LogP contribution in [0.25, 0.3) is 0 Å². The number of hydrogen-bond donors (Lipinski definition) is 1. The van der Waals surface area contributed by atoms with Crippen LogP contribution in [0, 0.1) is 0 Å². The van der Waals surface area contributed by atoms with Gasteiger partial charge < -0.3 is 19.5 Å². The number of amides is 1. The first kappa shape index (κ1) is 21.2. The Morgan fingerprint density at radius 3 is 2.29 bits per heavy atom. The zero-order valence-corrected chi connectivity index (χ0v) is 18.5. The second-order valence-corrected chi connectivity index (χ2v) is 8.59. The highest BCUT2D eigenvalue weighted by atomic mass is 32.1. The summed E-state index contributed by atoms with van der Waals surface area (Å²) < 4.78 is 17.7. The molecule has 1 saturated carbocycles. The van der Waals surface area contributed by atoms with Crippen LogP contribution >= 0.6 is 11.3 Å². The molecule has 2 aromatic carbocycles. The van der Waals surface area contributed by atoms with Gasteiger partial charge in [0.1, 0.15) is 17.2 Å². The summed E-state index contributed by atoms with van der Waals surface area (Å²) in [5.74, 6) is 2.22. The molecule has 31 heavy (non-hydrogen) atoms. The van der Waals surface area contributed by atoms with Gasteiger partial charge in [-0.3, -0.25) is 4.79 Å². The smallest absolute Gasteiger partial charge is 0.282 e. The molecule has 0 bridgehead atoms. The third kappa shape index (κ3) is 5.98. The Morgan fingerprint density at radius 2 is 1.61 bits per heavy atom. The van der Waals surface area contributed by atoms with Crippen LogP contribution in [0.15, 0.2) is 54.7 Å². The van der Waals surface area contributed by atoms with Crippen LogP contribution in [0.3, 0.4) is 0 Å². The van der Waals surface area contributed by atoms with Crippen molar-refractivity contribution in [3.63, 3.8) is 0 Å². The van der Waals surface area contributed by atoms with Crippen molar-refractivity contribution in [1.29, 1.82) is 0 Å². The lowest BCUT2D eigenvalue weighted by atomic mass is 10.1. The number of carbonyl (C=O) groups is 1. The summed E-state index contributed by atoms with van der Waals surface area (Å²) in [5, 5.41) is 4.01. The van der Waals surface area contributed by atoms with E-state index in [4.69, 9.17) is 14.2 Å². The highest BCUT2D eigenvalue weighted by Gasteiger charge is 2.16. The number of nitrogens with zero attached hydrogens (tertiary/aromatic N) is 1. The van der Waals surface area contributed by atoms with E-state index in [0.717, 1.165) is 24.2 Å². The van der Waals surface area contributed by atoms with Crippen LogP contribution < -0.4 is 19.5 Å². The van der Waals surface area contributed by atoms with Crippen molar-refractivity contribution < 1.29 is 19.0 Å². The van der Waals surface area contributed by atoms with E-state index in [1.54, 1.807) is 6.20 Å². The fourth-order valence-corrected chi connectivity index (χ4v) is 4.21. The normalized spacial score (nSPS) is 14.8. The predicted octanol–water partition coefficient (Wildman–Crippen LogP) is 6.25. The summed E-state index contributed by atoms with van der Waals surface area (Å²) in [6.45, 7) is 3.45. The lowest BCUT2D eigenvalue weighted by Gasteiger charge is -2.13. The van der Waals surface area contributed by atoms with E-state index >= 15 is 0 Å². The van der Waals surface area contributed by atoms with Crippen LogP contribution in [0.2, 0.25) is 0 Å². The molecule has 0 radical (unpaired) electrons. The van der Waals surface area contributed by atoms with Gasteiger partial charge in [0.25, 0.3) is 5.19 Å². The maximum Gasteiger partial charge on any atom is 0.282 e. The molecule has 1 amide bonds. The molecule has 1 heterocycles. The minimum absolute atomic E-state index is 0.0510. The molecule has 4 rings (SSSR count). The van der Waals surface area contributed by atoms with Gasteiger partial charge in [0, 0.05) is 6.92 Å². The number of aromatic nitrogens is 1. The molecule has 0 spiro atoms. The molecule has 0 saturated heterocycles. The Hall–Kier alpha value is -3.06. The van der Waals surface area contributed by atoms with E-state index in [-0.39, 0.29) is 11.9 Å². The fraction of sp³-hybridized carbons (Fsp3) is 0.333. The second-order valence-electron chi connectivity index (χ2n) is 7.64. The van der Waals surface area contributed by atoms with E-state index in [2.05, 4.69) is 10.3 Å². The SMILES string of the molecule is CC(=O)NC(C)c1ccc(Oc2cnc(Oc3ccc(OC4CCCC4)cc3)s2)cc1. The van der Waals surface area contributed by atoms with E-state index in [0.29, 0.717) is 27.9 Å². The van der Waals surface area contributed by atoms with Gasteiger partial charge >= 0.3 is 0 Å². The first-order valence-corrected chi connectivity index (χ1v) is 11.3. The van der Waals surface area contributed by atoms with Crippen molar-refractivity contribution >= 4 is 17.2 Å². The topological polar surface area (TPSA) is 69.7 Å². The summed E-state index contributed by atoms with van der Waals surface area (Å²) in [6.07, 6.45) is 6.76. The largest absolute Gasteiger partial charge is 0.490 e. The molecule has 1 N–H and O–H groups in total. The maximum absolute atomic E-state index is 11.2. The number of thiazole rings is 1. The molecule has 1 aromatic heterocycles. The Balaban J connectivity index is 1.31. The van der Waals surface area contributed by atoms with Crippen molar-refractivity contribution in [3.8, 4) is 27.5 Å². The second kappa shape index (κ2) is 9.83. The highest BCUT2D eigenvalue weighted by Crippen LogP contribution is 2.35. The number of benzene rings is 2. The maximum atomic E-state index is 11.2. The van der Waals surface area contributed by atoms with Gasteiger partial charge in [-0.15, -0.1) is 0 Å². The van der Waals surface area contributed by atoms with Gasteiger partial charge in [-0.25, -0.2) is 4.98 Å². The van der Waals surface area contributed by atoms with Crippen LogP contribution in [-0.2, 0) is 4.79 Å². The average Bonchev–Trinajstić information content (AvgIpc) is 3.42. The summed E-state index contributed by atoms with van der Waals surface area (Å²) in [4.78, 5) is 15.5. The lowest BCUT2D eigenvalue weighted by molar-refractivity contribution is -0.119. The summed E-state index contributed by atoms with van der Waals surface area (Å²) in [6, 6.07) is 15.2. The number of ether oxygens (including phenoxy) is 3. The number of hydrogen-bond acceptors (Lipinski definition) is 6. The molecular formula is C24H26N2O4S.